The molecule has 1 fully saturated rings. The van der Waals surface area contributed by atoms with E-state index in [4.69, 9.17) is 0 Å². The second-order valence-corrected chi connectivity index (χ2v) is 5.06. The molecule has 102 valence electrons. The van der Waals surface area contributed by atoms with E-state index in [0.717, 1.165) is 25.2 Å². The van der Waals surface area contributed by atoms with E-state index in [1.54, 1.807) is 0 Å². The van der Waals surface area contributed by atoms with Crippen LogP contribution in [0.2, 0.25) is 0 Å². The molecule has 1 aliphatic heterocycles. The van der Waals surface area contributed by atoms with Gasteiger partial charge in [-0.05, 0) is 11.1 Å². The van der Waals surface area contributed by atoms with Crippen LogP contribution in [-0.2, 0) is 11.3 Å². The summed E-state index contributed by atoms with van der Waals surface area (Å²) in [6.07, 6.45) is 0. The van der Waals surface area contributed by atoms with Crippen molar-refractivity contribution in [3.8, 4) is 0 Å². The summed E-state index contributed by atoms with van der Waals surface area (Å²) in [7, 11) is 0. The fourth-order valence-corrected chi connectivity index (χ4v) is 2.70. The molecule has 1 atom stereocenters. The maximum atomic E-state index is 12.2. The van der Waals surface area contributed by atoms with E-state index in [9.17, 15) is 4.79 Å². The smallest absolute Gasteiger partial charge is 0.242 e. The lowest BCUT2D eigenvalue weighted by Gasteiger charge is -2.35. The highest BCUT2D eigenvalue weighted by atomic mass is 16.2. The quantitative estimate of drug-likeness (QED) is 0.925. The first kappa shape index (κ1) is 12.9. The molecule has 3 nitrogen and oxygen atoms in total. The zero-order valence-corrected chi connectivity index (χ0v) is 11.3. The first-order chi connectivity index (χ1) is 9.84. The summed E-state index contributed by atoms with van der Waals surface area (Å²) in [5, 5.41) is 2.97. The Morgan fingerprint density at radius 1 is 1.00 bits per heavy atom. The van der Waals surface area contributed by atoms with Gasteiger partial charge in [-0.1, -0.05) is 60.7 Å². The Morgan fingerprint density at radius 2 is 1.65 bits per heavy atom. The Kier molecular flexibility index (Phi) is 3.79. The fraction of sp³-hybridized carbons (Fsp3) is 0.235. The Hall–Kier alpha value is -2.13. The molecule has 2 aromatic carbocycles. The van der Waals surface area contributed by atoms with E-state index >= 15 is 0 Å². The van der Waals surface area contributed by atoms with Crippen LogP contribution in [0.1, 0.15) is 17.2 Å². The third kappa shape index (κ3) is 2.73. The monoisotopic (exact) mass is 266 g/mol. The van der Waals surface area contributed by atoms with Crippen LogP contribution >= 0.6 is 0 Å². The van der Waals surface area contributed by atoms with Crippen LogP contribution in [-0.4, -0.2) is 23.9 Å². The molecular weight excluding hydrogens is 248 g/mol. The summed E-state index contributed by atoms with van der Waals surface area (Å²) in [5.41, 5.74) is 2.30. The van der Waals surface area contributed by atoms with Gasteiger partial charge in [0.1, 0.15) is 6.04 Å². The molecule has 1 amide bonds. The number of hydrogen-bond donors (Lipinski definition) is 1. The van der Waals surface area contributed by atoms with Crippen LogP contribution in [0.5, 0.6) is 0 Å². The molecule has 1 heterocycles. The van der Waals surface area contributed by atoms with Crippen molar-refractivity contribution in [3.63, 3.8) is 0 Å². The van der Waals surface area contributed by atoms with Crippen molar-refractivity contribution in [2.75, 3.05) is 13.1 Å². The molecule has 3 heteroatoms. The number of benzene rings is 2. The lowest BCUT2D eigenvalue weighted by Crippen LogP contribution is -2.49. The average Bonchev–Trinajstić information content (AvgIpc) is 2.49. The van der Waals surface area contributed by atoms with E-state index < -0.39 is 0 Å². The van der Waals surface area contributed by atoms with Crippen LogP contribution < -0.4 is 5.32 Å². The molecule has 20 heavy (non-hydrogen) atoms. The van der Waals surface area contributed by atoms with Gasteiger partial charge >= 0.3 is 0 Å². The van der Waals surface area contributed by atoms with Crippen molar-refractivity contribution in [1.29, 1.82) is 0 Å². The van der Waals surface area contributed by atoms with Gasteiger partial charge in [-0.2, -0.15) is 0 Å². The van der Waals surface area contributed by atoms with Crippen molar-refractivity contribution < 1.29 is 4.79 Å². The van der Waals surface area contributed by atoms with Gasteiger partial charge in [-0.3, -0.25) is 9.69 Å². The molecule has 2 aromatic rings. The summed E-state index contributed by atoms with van der Waals surface area (Å²) >= 11 is 0. The van der Waals surface area contributed by atoms with Gasteiger partial charge in [0.25, 0.3) is 0 Å². The Labute approximate surface area is 119 Å². The predicted molar refractivity (Wildman–Crippen MR) is 79.0 cm³/mol. The van der Waals surface area contributed by atoms with Crippen molar-refractivity contribution in [2.45, 2.75) is 12.6 Å². The number of rotatable bonds is 3. The summed E-state index contributed by atoms with van der Waals surface area (Å²) in [6, 6.07) is 20.1. The first-order valence-corrected chi connectivity index (χ1v) is 6.95. The van der Waals surface area contributed by atoms with E-state index in [0.29, 0.717) is 0 Å². The summed E-state index contributed by atoms with van der Waals surface area (Å²) in [5.74, 6) is 0.0957. The van der Waals surface area contributed by atoms with E-state index in [1.165, 1.54) is 5.56 Å². The number of amides is 1. The average molecular weight is 266 g/mol. The molecule has 1 aliphatic rings. The molecule has 0 saturated carbocycles. The zero-order valence-electron chi connectivity index (χ0n) is 11.3. The highest BCUT2D eigenvalue weighted by molar-refractivity contribution is 5.83. The van der Waals surface area contributed by atoms with E-state index in [2.05, 4.69) is 22.3 Å². The van der Waals surface area contributed by atoms with Crippen molar-refractivity contribution in [1.82, 2.24) is 10.2 Å². The Bertz CT molecular complexity index is 568. The van der Waals surface area contributed by atoms with Gasteiger partial charge in [0.05, 0.1) is 0 Å². The predicted octanol–water partition coefficient (Wildman–Crippen LogP) is 2.36. The van der Waals surface area contributed by atoms with Crippen LogP contribution in [0, 0.1) is 0 Å². The van der Waals surface area contributed by atoms with Gasteiger partial charge in [0.15, 0.2) is 0 Å². The van der Waals surface area contributed by atoms with Gasteiger partial charge in [-0.25, -0.2) is 0 Å². The second-order valence-electron chi connectivity index (χ2n) is 5.06. The topological polar surface area (TPSA) is 32.3 Å². The fourth-order valence-electron chi connectivity index (χ4n) is 2.70. The highest BCUT2D eigenvalue weighted by Gasteiger charge is 2.30. The van der Waals surface area contributed by atoms with Gasteiger partial charge in [0.2, 0.25) is 5.91 Å². The van der Waals surface area contributed by atoms with Gasteiger partial charge in [-0.15, -0.1) is 0 Å². The number of hydrogen-bond acceptors (Lipinski definition) is 2. The molecule has 3 rings (SSSR count). The van der Waals surface area contributed by atoms with E-state index in [1.807, 2.05) is 48.5 Å². The molecule has 1 N–H and O–H groups in total. The lowest BCUT2D eigenvalue weighted by atomic mass is 10.0. The SMILES string of the molecule is O=C1NCCN(Cc2ccccc2)[C@H]1c1ccccc1. The van der Waals surface area contributed by atoms with Crippen LogP contribution in [0.4, 0.5) is 0 Å². The lowest BCUT2D eigenvalue weighted by molar-refractivity contribution is -0.129. The normalized spacial score (nSPS) is 19.6. The third-order valence-corrected chi connectivity index (χ3v) is 3.66. The molecule has 0 aromatic heterocycles. The number of piperazine rings is 1. The molecule has 0 unspecified atom stereocenters. The standard InChI is InChI=1S/C17H18N2O/c20-17-16(15-9-5-2-6-10-15)19(12-11-18-17)13-14-7-3-1-4-8-14/h1-10,16H,11-13H2,(H,18,20)/t16-/m0/s1. The number of carbonyl (C=O) groups excluding carboxylic acids is 1. The van der Waals surface area contributed by atoms with Crippen LogP contribution in [0.25, 0.3) is 0 Å². The number of nitrogens with zero attached hydrogens (tertiary/aromatic N) is 1. The number of nitrogens with one attached hydrogen (secondary N) is 1. The highest BCUT2D eigenvalue weighted by Crippen LogP contribution is 2.24. The van der Waals surface area contributed by atoms with Gasteiger partial charge < -0.3 is 5.32 Å². The van der Waals surface area contributed by atoms with Gasteiger partial charge in [0, 0.05) is 19.6 Å². The van der Waals surface area contributed by atoms with Crippen molar-refractivity contribution in [3.05, 3.63) is 71.8 Å². The van der Waals surface area contributed by atoms with E-state index in [-0.39, 0.29) is 11.9 Å². The van der Waals surface area contributed by atoms with Crippen molar-refractivity contribution in [2.24, 2.45) is 0 Å². The third-order valence-electron chi connectivity index (χ3n) is 3.66. The minimum atomic E-state index is -0.190. The molecule has 0 radical (unpaired) electrons. The molecule has 1 saturated heterocycles. The Balaban J connectivity index is 1.85. The minimum Gasteiger partial charge on any atom is -0.353 e. The summed E-state index contributed by atoms with van der Waals surface area (Å²) < 4.78 is 0. The maximum Gasteiger partial charge on any atom is 0.242 e. The summed E-state index contributed by atoms with van der Waals surface area (Å²) in [6.45, 7) is 2.39. The largest absolute Gasteiger partial charge is 0.353 e. The molecule has 0 spiro atoms. The van der Waals surface area contributed by atoms with Crippen molar-refractivity contribution >= 4 is 5.91 Å². The van der Waals surface area contributed by atoms with Crippen LogP contribution in [0.15, 0.2) is 60.7 Å². The molecule has 0 aliphatic carbocycles. The summed E-state index contributed by atoms with van der Waals surface area (Å²) in [4.78, 5) is 14.5. The minimum absolute atomic E-state index is 0.0957. The molecule has 0 bridgehead atoms. The first-order valence-electron chi connectivity index (χ1n) is 6.95. The second kappa shape index (κ2) is 5.88. The maximum absolute atomic E-state index is 12.2. The zero-order chi connectivity index (χ0) is 13.8. The Morgan fingerprint density at radius 3 is 2.35 bits per heavy atom. The number of carbonyl (C=O) groups is 1. The van der Waals surface area contributed by atoms with Crippen LogP contribution in [0.3, 0.4) is 0 Å². The molecular formula is C17H18N2O.